The number of hydrogen-bond donors (Lipinski definition) is 1. The number of nitrogens with zero attached hydrogens (tertiary/aromatic N) is 2. The summed E-state index contributed by atoms with van der Waals surface area (Å²) >= 11 is 0. The van der Waals surface area contributed by atoms with Crippen molar-refractivity contribution in [1.29, 1.82) is 0 Å². The molecule has 2 atom stereocenters. The molecule has 1 aliphatic heterocycles. The van der Waals surface area contributed by atoms with Crippen molar-refractivity contribution in [2.75, 3.05) is 13.2 Å². The topological polar surface area (TPSA) is 53.4 Å². The van der Waals surface area contributed by atoms with Crippen LogP contribution in [0.4, 0.5) is 0 Å². The van der Waals surface area contributed by atoms with Gasteiger partial charge >= 0.3 is 0 Å². The third kappa shape index (κ3) is 3.49. The van der Waals surface area contributed by atoms with Gasteiger partial charge in [-0.2, -0.15) is 0 Å². The van der Waals surface area contributed by atoms with E-state index in [9.17, 15) is 9.90 Å². The van der Waals surface area contributed by atoms with Crippen LogP contribution in [-0.4, -0.2) is 40.1 Å². The molecule has 2 unspecified atom stereocenters. The van der Waals surface area contributed by atoms with E-state index in [1.165, 1.54) is 5.56 Å². The van der Waals surface area contributed by atoms with E-state index in [4.69, 9.17) is 0 Å². The molecule has 126 valence electrons. The number of carbonyl (C=O) groups excluding carboxylic acids is 1. The van der Waals surface area contributed by atoms with Gasteiger partial charge < -0.3 is 10.0 Å². The van der Waals surface area contributed by atoms with Crippen molar-refractivity contribution in [2.45, 2.75) is 32.7 Å². The number of benzene rings is 1. The van der Waals surface area contributed by atoms with Crippen LogP contribution < -0.4 is 0 Å². The lowest BCUT2D eigenvalue weighted by Gasteiger charge is -2.37. The number of aliphatic hydroxyl groups excluding tert-OH is 1. The van der Waals surface area contributed by atoms with Gasteiger partial charge in [-0.15, -0.1) is 0 Å². The first-order chi connectivity index (χ1) is 11.6. The maximum atomic E-state index is 12.9. The molecule has 0 aliphatic carbocycles. The molecular formula is C20H24N2O2. The number of aromatic nitrogens is 1. The molecule has 0 radical (unpaired) electrons. The van der Waals surface area contributed by atoms with Crippen LogP contribution in [-0.2, 0) is 0 Å². The van der Waals surface area contributed by atoms with E-state index in [-0.39, 0.29) is 24.5 Å². The lowest BCUT2D eigenvalue weighted by Crippen LogP contribution is -2.46. The highest BCUT2D eigenvalue weighted by molar-refractivity contribution is 5.95. The van der Waals surface area contributed by atoms with Crippen LogP contribution in [0.15, 0.2) is 42.7 Å². The van der Waals surface area contributed by atoms with Gasteiger partial charge in [-0.1, -0.05) is 29.8 Å². The van der Waals surface area contributed by atoms with Crippen molar-refractivity contribution in [3.8, 4) is 11.1 Å². The number of rotatable bonds is 3. The molecule has 24 heavy (non-hydrogen) atoms. The molecule has 0 saturated carbocycles. The summed E-state index contributed by atoms with van der Waals surface area (Å²) in [5, 5.41) is 9.41. The predicted octanol–water partition coefficient (Wildman–Crippen LogP) is 3.29. The summed E-state index contributed by atoms with van der Waals surface area (Å²) in [6.45, 7) is 4.88. The lowest BCUT2D eigenvalue weighted by atomic mass is 9.93. The van der Waals surface area contributed by atoms with E-state index >= 15 is 0 Å². The Hall–Kier alpha value is -2.20. The second kappa shape index (κ2) is 7.14. The standard InChI is InChI=1S/C20H24N2O2/c1-14-3-7-17(8-4-14)18-9-19(11-21-10-18)20(24)22-12-16(13-23)6-5-15(22)2/h3-4,7-11,15-16,23H,5-6,12-13H2,1-2H3. The summed E-state index contributed by atoms with van der Waals surface area (Å²) in [5.74, 6) is 0.181. The predicted molar refractivity (Wildman–Crippen MR) is 94.7 cm³/mol. The quantitative estimate of drug-likeness (QED) is 0.942. The Bertz CT molecular complexity index is 712. The van der Waals surface area contributed by atoms with Crippen LogP contribution in [0.2, 0.25) is 0 Å². The number of pyridine rings is 1. The second-order valence-electron chi connectivity index (χ2n) is 6.76. The zero-order chi connectivity index (χ0) is 17.1. The van der Waals surface area contributed by atoms with Gasteiger partial charge in [0.25, 0.3) is 5.91 Å². The normalized spacial score (nSPS) is 20.9. The largest absolute Gasteiger partial charge is 0.396 e. The Kier molecular flexibility index (Phi) is 4.95. The van der Waals surface area contributed by atoms with Crippen LogP contribution in [0, 0.1) is 12.8 Å². The maximum absolute atomic E-state index is 12.9. The highest BCUT2D eigenvalue weighted by atomic mass is 16.3. The SMILES string of the molecule is Cc1ccc(-c2cncc(C(=O)N3CC(CO)CCC3C)c2)cc1. The minimum Gasteiger partial charge on any atom is -0.396 e. The Morgan fingerprint density at radius 1 is 1.21 bits per heavy atom. The molecule has 1 amide bonds. The molecule has 0 bridgehead atoms. The summed E-state index contributed by atoms with van der Waals surface area (Å²) < 4.78 is 0. The van der Waals surface area contributed by atoms with E-state index in [0.717, 1.165) is 24.0 Å². The molecule has 4 nitrogen and oxygen atoms in total. The van der Waals surface area contributed by atoms with Crippen LogP contribution in [0.3, 0.4) is 0 Å². The van der Waals surface area contributed by atoms with Gasteiger partial charge in [-0.25, -0.2) is 0 Å². The van der Waals surface area contributed by atoms with Crippen molar-refractivity contribution in [3.63, 3.8) is 0 Å². The average molecular weight is 324 g/mol. The van der Waals surface area contributed by atoms with Crippen LogP contribution >= 0.6 is 0 Å². The van der Waals surface area contributed by atoms with E-state index in [2.05, 4.69) is 31.0 Å². The molecule has 2 heterocycles. The minimum absolute atomic E-state index is 0.00196. The summed E-state index contributed by atoms with van der Waals surface area (Å²) in [4.78, 5) is 19.1. The third-order valence-corrected chi connectivity index (χ3v) is 4.87. The highest BCUT2D eigenvalue weighted by Gasteiger charge is 2.29. The molecule has 3 rings (SSSR count). The van der Waals surface area contributed by atoms with E-state index in [1.807, 2.05) is 23.1 Å². The Morgan fingerprint density at radius 3 is 2.67 bits per heavy atom. The van der Waals surface area contributed by atoms with E-state index in [0.29, 0.717) is 12.1 Å². The van der Waals surface area contributed by atoms with Crippen molar-refractivity contribution >= 4 is 5.91 Å². The highest BCUT2D eigenvalue weighted by Crippen LogP contribution is 2.25. The summed E-state index contributed by atoms with van der Waals surface area (Å²) in [6, 6.07) is 10.3. The first kappa shape index (κ1) is 16.7. The van der Waals surface area contributed by atoms with Gasteiger partial charge in [0.1, 0.15) is 0 Å². The summed E-state index contributed by atoms with van der Waals surface area (Å²) in [6.07, 6.45) is 5.33. The summed E-state index contributed by atoms with van der Waals surface area (Å²) in [7, 11) is 0. The van der Waals surface area contributed by atoms with Gasteiger partial charge in [-0.3, -0.25) is 9.78 Å². The number of aliphatic hydroxyl groups is 1. The molecule has 4 heteroatoms. The first-order valence-electron chi connectivity index (χ1n) is 8.52. The Labute approximate surface area is 143 Å². The van der Waals surface area contributed by atoms with Gasteiger partial charge in [0.15, 0.2) is 0 Å². The van der Waals surface area contributed by atoms with Crippen LogP contribution in [0.5, 0.6) is 0 Å². The van der Waals surface area contributed by atoms with Gasteiger partial charge in [0, 0.05) is 37.2 Å². The van der Waals surface area contributed by atoms with E-state index < -0.39 is 0 Å². The van der Waals surface area contributed by atoms with Crippen LogP contribution in [0.25, 0.3) is 11.1 Å². The number of carbonyl (C=O) groups is 1. The zero-order valence-electron chi connectivity index (χ0n) is 14.3. The fourth-order valence-electron chi connectivity index (χ4n) is 3.24. The number of hydrogen-bond acceptors (Lipinski definition) is 3. The maximum Gasteiger partial charge on any atom is 0.255 e. The lowest BCUT2D eigenvalue weighted by molar-refractivity contribution is 0.0488. The van der Waals surface area contributed by atoms with Gasteiger partial charge in [0.2, 0.25) is 0 Å². The molecule has 1 N–H and O–H groups in total. The third-order valence-electron chi connectivity index (χ3n) is 4.87. The van der Waals surface area contributed by atoms with Crippen molar-refractivity contribution < 1.29 is 9.90 Å². The first-order valence-corrected chi connectivity index (χ1v) is 8.52. The molecule has 1 aromatic heterocycles. The monoisotopic (exact) mass is 324 g/mol. The number of piperidine rings is 1. The molecule has 1 aliphatic rings. The molecule has 2 aromatic rings. The van der Waals surface area contributed by atoms with Crippen molar-refractivity contribution in [3.05, 3.63) is 53.9 Å². The van der Waals surface area contributed by atoms with Crippen LogP contribution in [0.1, 0.15) is 35.7 Å². The molecular weight excluding hydrogens is 300 g/mol. The molecule has 1 fully saturated rings. The molecule has 0 spiro atoms. The fraction of sp³-hybridized carbons (Fsp3) is 0.400. The Morgan fingerprint density at radius 2 is 1.96 bits per heavy atom. The fourth-order valence-corrected chi connectivity index (χ4v) is 3.24. The van der Waals surface area contributed by atoms with Gasteiger partial charge in [0.05, 0.1) is 5.56 Å². The summed E-state index contributed by atoms with van der Waals surface area (Å²) in [5.41, 5.74) is 3.82. The minimum atomic E-state index is 0.00196. The molecule has 1 aromatic carbocycles. The number of amides is 1. The van der Waals surface area contributed by atoms with Crippen molar-refractivity contribution in [1.82, 2.24) is 9.88 Å². The van der Waals surface area contributed by atoms with Gasteiger partial charge in [-0.05, 0) is 44.2 Å². The van der Waals surface area contributed by atoms with Crippen molar-refractivity contribution in [2.24, 2.45) is 5.92 Å². The molecule has 1 saturated heterocycles. The number of aryl methyl sites for hydroxylation is 1. The zero-order valence-corrected chi connectivity index (χ0v) is 14.3. The second-order valence-corrected chi connectivity index (χ2v) is 6.76. The smallest absolute Gasteiger partial charge is 0.255 e. The average Bonchev–Trinajstić information content (AvgIpc) is 2.62. The Balaban J connectivity index is 1.85. The number of likely N-dealkylation sites (tertiary alicyclic amines) is 1. The van der Waals surface area contributed by atoms with E-state index in [1.54, 1.807) is 12.4 Å².